The molecule has 2 aromatic carbocycles. The minimum absolute atomic E-state index is 0.0149. The van der Waals surface area contributed by atoms with Crippen molar-refractivity contribution in [2.75, 3.05) is 6.79 Å². The van der Waals surface area contributed by atoms with Gasteiger partial charge in [0.2, 0.25) is 6.79 Å². The minimum Gasteiger partial charge on any atom is -0.454 e. The molecule has 1 N–H and O–H groups in total. The van der Waals surface area contributed by atoms with Crippen LogP contribution in [0.5, 0.6) is 11.5 Å². The number of carbonyl (C=O) groups is 1. The summed E-state index contributed by atoms with van der Waals surface area (Å²) in [5.41, 5.74) is 0.412. The van der Waals surface area contributed by atoms with Crippen molar-refractivity contribution in [1.82, 2.24) is 5.32 Å². The number of fused-ring (bicyclic) bond motifs is 1. The van der Waals surface area contributed by atoms with Gasteiger partial charge in [0.15, 0.2) is 16.7 Å². The van der Waals surface area contributed by atoms with Crippen LogP contribution < -0.4 is 14.8 Å². The number of ether oxygens (including phenoxy) is 2. The van der Waals surface area contributed by atoms with Gasteiger partial charge < -0.3 is 14.8 Å². The molecule has 2 heterocycles. The Morgan fingerprint density at radius 1 is 1.25 bits per heavy atom. The van der Waals surface area contributed by atoms with Crippen LogP contribution in [0.15, 0.2) is 40.2 Å². The maximum Gasteiger partial charge on any atom is 0.280 e. The molecule has 4 rings (SSSR count). The number of amidine groups is 1. The Hall–Kier alpha value is -2.75. The van der Waals surface area contributed by atoms with Gasteiger partial charge in [0.25, 0.3) is 11.6 Å². The Morgan fingerprint density at radius 3 is 2.75 bits per heavy atom. The highest BCUT2D eigenvalue weighted by molar-refractivity contribution is 8.18. The smallest absolute Gasteiger partial charge is 0.280 e. The topological polar surface area (TPSA) is 103 Å². The number of carbonyl (C=O) groups excluding carboxylic acids is 1. The van der Waals surface area contributed by atoms with Crippen LogP contribution in [-0.2, 0) is 4.79 Å². The van der Waals surface area contributed by atoms with E-state index in [4.69, 9.17) is 32.7 Å². The van der Waals surface area contributed by atoms with Crippen LogP contribution in [-0.4, -0.2) is 22.8 Å². The summed E-state index contributed by atoms with van der Waals surface area (Å²) in [7, 11) is 0. The number of nitro groups is 1. The van der Waals surface area contributed by atoms with Gasteiger partial charge in [-0.25, -0.2) is 4.99 Å². The lowest BCUT2D eigenvalue weighted by Gasteiger charge is -2.01. The highest BCUT2D eigenvalue weighted by Crippen LogP contribution is 2.40. The minimum atomic E-state index is -0.549. The molecule has 0 unspecified atom stereocenters. The average Bonchev–Trinajstić information content (AvgIpc) is 3.24. The van der Waals surface area contributed by atoms with Crippen LogP contribution in [0.4, 0.5) is 11.4 Å². The molecular formula is C17H9Cl2N3O5S. The summed E-state index contributed by atoms with van der Waals surface area (Å²) in [5.74, 6) is 0.226. The molecule has 0 spiro atoms. The highest BCUT2D eigenvalue weighted by atomic mass is 35.5. The average molecular weight is 438 g/mol. The van der Waals surface area contributed by atoms with Crippen LogP contribution >= 0.6 is 35.0 Å². The van der Waals surface area contributed by atoms with E-state index in [1.165, 1.54) is 18.2 Å². The normalized spacial score (nSPS) is 18.0. The zero-order valence-electron chi connectivity index (χ0n) is 13.8. The van der Waals surface area contributed by atoms with Crippen molar-refractivity contribution in [2.24, 2.45) is 4.99 Å². The van der Waals surface area contributed by atoms with Gasteiger partial charge in [0.05, 0.1) is 37.2 Å². The van der Waals surface area contributed by atoms with E-state index in [1.54, 1.807) is 18.2 Å². The first-order chi connectivity index (χ1) is 13.4. The van der Waals surface area contributed by atoms with Crippen LogP contribution in [0, 0.1) is 10.1 Å². The van der Waals surface area contributed by atoms with Gasteiger partial charge in [-0.05, 0) is 36.0 Å². The van der Waals surface area contributed by atoms with Crippen molar-refractivity contribution in [2.45, 2.75) is 0 Å². The standard InChI is InChI=1S/C17H9Cl2N3O5S/c18-9-2-1-3-10(15(9)19)20-17-21-16(23)14(28-17)5-8-4-12-13(27-7-26-12)6-11(8)22(24)25/h1-6H,7H2,(H,20,21,23)/b14-5+. The zero-order chi connectivity index (χ0) is 19.8. The summed E-state index contributed by atoms with van der Waals surface area (Å²) in [6.45, 7) is -0.0149. The number of hydrogen-bond acceptors (Lipinski definition) is 7. The fourth-order valence-corrected chi connectivity index (χ4v) is 3.69. The van der Waals surface area contributed by atoms with Crippen molar-refractivity contribution in [3.8, 4) is 11.5 Å². The third-order valence-electron chi connectivity index (χ3n) is 3.81. The van der Waals surface area contributed by atoms with E-state index in [0.717, 1.165) is 11.8 Å². The number of aliphatic imine (C=N–C) groups is 1. The number of nitrogens with zero attached hydrogens (tertiary/aromatic N) is 2. The Kier molecular flexibility index (Phi) is 4.88. The first-order valence-electron chi connectivity index (χ1n) is 7.74. The van der Waals surface area contributed by atoms with E-state index in [0.29, 0.717) is 16.5 Å². The fraction of sp³-hybridized carbons (Fsp3) is 0.0588. The summed E-state index contributed by atoms with van der Waals surface area (Å²) >= 11 is 13.1. The maximum absolute atomic E-state index is 12.3. The van der Waals surface area contributed by atoms with E-state index < -0.39 is 10.8 Å². The van der Waals surface area contributed by atoms with Crippen molar-refractivity contribution >= 4 is 63.5 Å². The van der Waals surface area contributed by atoms with Gasteiger partial charge in [-0.3, -0.25) is 14.9 Å². The van der Waals surface area contributed by atoms with E-state index in [2.05, 4.69) is 10.3 Å². The summed E-state index contributed by atoms with van der Waals surface area (Å²) in [6, 6.07) is 7.69. The molecule has 1 fully saturated rings. The summed E-state index contributed by atoms with van der Waals surface area (Å²) in [5, 5.41) is 14.9. The third-order valence-corrected chi connectivity index (χ3v) is 5.53. The van der Waals surface area contributed by atoms with Crippen molar-refractivity contribution in [1.29, 1.82) is 0 Å². The maximum atomic E-state index is 12.3. The number of benzene rings is 2. The van der Waals surface area contributed by atoms with Gasteiger partial charge in [-0.1, -0.05) is 29.3 Å². The quantitative estimate of drug-likeness (QED) is 0.429. The number of thioether (sulfide) groups is 1. The third kappa shape index (κ3) is 3.51. The molecule has 2 aromatic rings. The number of rotatable bonds is 3. The van der Waals surface area contributed by atoms with Gasteiger partial charge in [-0.15, -0.1) is 0 Å². The molecule has 1 saturated heterocycles. The summed E-state index contributed by atoms with van der Waals surface area (Å²) in [4.78, 5) is 27.6. The largest absolute Gasteiger partial charge is 0.454 e. The lowest BCUT2D eigenvalue weighted by Crippen LogP contribution is -2.19. The molecule has 142 valence electrons. The van der Waals surface area contributed by atoms with Crippen molar-refractivity contribution < 1.29 is 19.2 Å². The molecule has 2 aliphatic heterocycles. The van der Waals surface area contributed by atoms with Gasteiger partial charge in [-0.2, -0.15) is 0 Å². The molecular weight excluding hydrogens is 429 g/mol. The zero-order valence-corrected chi connectivity index (χ0v) is 16.1. The van der Waals surface area contributed by atoms with E-state index in [9.17, 15) is 14.9 Å². The predicted molar refractivity (Wildman–Crippen MR) is 106 cm³/mol. The lowest BCUT2D eigenvalue weighted by molar-refractivity contribution is -0.385. The number of nitro benzene ring substituents is 1. The van der Waals surface area contributed by atoms with Crippen LogP contribution in [0.3, 0.4) is 0 Å². The molecule has 0 saturated carbocycles. The molecule has 0 aromatic heterocycles. The number of amides is 1. The Balaban J connectivity index is 1.68. The number of hydrogen-bond donors (Lipinski definition) is 1. The Labute approximate surface area is 172 Å². The lowest BCUT2D eigenvalue weighted by atomic mass is 10.1. The predicted octanol–water partition coefficient (Wildman–Crippen LogP) is 4.52. The molecule has 8 nitrogen and oxygen atoms in total. The first-order valence-corrected chi connectivity index (χ1v) is 9.31. The SMILES string of the molecule is O=C1NC(=Nc2cccc(Cl)c2Cl)S/C1=C/c1cc2c(cc1[N+](=O)[O-])OCO2. The molecule has 0 bridgehead atoms. The second-order valence-electron chi connectivity index (χ2n) is 5.58. The van der Waals surface area contributed by atoms with Crippen LogP contribution in [0.1, 0.15) is 5.56 Å². The molecule has 1 amide bonds. The van der Waals surface area contributed by atoms with E-state index in [1.807, 2.05) is 0 Å². The second-order valence-corrected chi connectivity index (χ2v) is 7.39. The van der Waals surface area contributed by atoms with Crippen molar-refractivity contribution in [3.05, 3.63) is 61.0 Å². The molecule has 2 aliphatic rings. The molecule has 0 atom stereocenters. The van der Waals surface area contributed by atoms with Gasteiger partial charge in [0, 0.05) is 0 Å². The molecule has 11 heteroatoms. The molecule has 0 aliphatic carbocycles. The highest BCUT2D eigenvalue weighted by Gasteiger charge is 2.27. The summed E-state index contributed by atoms with van der Waals surface area (Å²) < 4.78 is 10.4. The molecule has 28 heavy (non-hydrogen) atoms. The monoisotopic (exact) mass is 437 g/mol. The van der Waals surface area contributed by atoms with Crippen LogP contribution in [0.25, 0.3) is 6.08 Å². The van der Waals surface area contributed by atoms with Gasteiger partial charge in [0.1, 0.15) is 0 Å². The van der Waals surface area contributed by atoms with Gasteiger partial charge >= 0.3 is 0 Å². The number of nitrogens with one attached hydrogen (secondary N) is 1. The van der Waals surface area contributed by atoms with Crippen LogP contribution in [0.2, 0.25) is 10.0 Å². The number of halogens is 2. The Bertz CT molecular complexity index is 1090. The summed E-state index contributed by atoms with van der Waals surface area (Å²) in [6.07, 6.45) is 1.40. The first kappa shape index (κ1) is 18.6. The second kappa shape index (κ2) is 7.34. The van der Waals surface area contributed by atoms with Crippen molar-refractivity contribution in [3.63, 3.8) is 0 Å². The Morgan fingerprint density at radius 2 is 2.00 bits per heavy atom. The van der Waals surface area contributed by atoms with E-state index >= 15 is 0 Å². The molecule has 0 radical (unpaired) electrons. The fourth-order valence-electron chi connectivity index (χ4n) is 2.53. The van der Waals surface area contributed by atoms with E-state index in [-0.39, 0.29) is 38.9 Å².